The fourth-order valence-electron chi connectivity index (χ4n) is 3.20. The number of fused-ring (bicyclic) bond motifs is 1. The normalized spacial score (nSPS) is 11.2. The summed E-state index contributed by atoms with van der Waals surface area (Å²) in [5.41, 5.74) is 1.25. The minimum absolute atomic E-state index is 0.0761. The number of ether oxygens (including phenoxy) is 1. The van der Waals surface area contributed by atoms with E-state index < -0.39 is 4.92 Å². The number of halogens is 2. The van der Waals surface area contributed by atoms with Gasteiger partial charge in [0.2, 0.25) is 0 Å². The van der Waals surface area contributed by atoms with Crippen molar-refractivity contribution in [2.45, 2.75) is 0 Å². The summed E-state index contributed by atoms with van der Waals surface area (Å²) in [5.74, 6) is 1.07. The number of aromatic nitrogens is 2. The molecule has 4 aromatic rings. The number of rotatable bonds is 5. The van der Waals surface area contributed by atoms with Crippen molar-refractivity contribution in [3.05, 3.63) is 101 Å². The van der Waals surface area contributed by atoms with Gasteiger partial charge in [-0.25, -0.2) is 4.98 Å². The molecular weight excluding hydrogens is 545 g/mol. The second-order valence-corrected chi connectivity index (χ2v) is 8.42. The molecule has 0 radical (unpaired) electrons. The van der Waals surface area contributed by atoms with Crippen LogP contribution in [0.2, 0.25) is 5.02 Å². The Morgan fingerprint density at radius 1 is 1.09 bits per heavy atom. The molecule has 0 fully saturated rings. The first kappa shape index (κ1) is 22.0. The molecule has 9 heteroatoms. The maximum absolute atomic E-state index is 13.4. The summed E-state index contributed by atoms with van der Waals surface area (Å²) in [4.78, 5) is 28.7. The smallest absolute Gasteiger partial charge is 0.271 e. The SMILES string of the molecule is COc1ccc(C=Cc2nc3ccc(I)cc3c(=O)n2-c2ccc([N+](=O)[O-])cc2Cl)cc1. The Morgan fingerprint density at radius 3 is 2.50 bits per heavy atom. The monoisotopic (exact) mass is 559 g/mol. The van der Waals surface area contributed by atoms with Gasteiger partial charge in [-0.1, -0.05) is 29.8 Å². The zero-order chi connectivity index (χ0) is 22.8. The van der Waals surface area contributed by atoms with Crippen LogP contribution in [0, 0.1) is 13.7 Å². The zero-order valence-electron chi connectivity index (χ0n) is 16.7. The fourth-order valence-corrected chi connectivity index (χ4v) is 3.95. The third-order valence-electron chi connectivity index (χ3n) is 4.78. The first-order chi connectivity index (χ1) is 15.4. The molecule has 0 spiro atoms. The Labute approximate surface area is 201 Å². The summed E-state index contributed by atoms with van der Waals surface area (Å²) in [7, 11) is 1.59. The van der Waals surface area contributed by atoms with Gasteiger partial charge in [-0.05, 0) is 70.6 Å². The zero-order valence-corrected chi connectivity index (χ0v) is 19.6. The van der Waals surface area contributed by atoms with Gasteiger partial charge in [-0.3, -0.25) is 19.5 Å². The van der Waals surface area contributed by atoms with Crippen molar-refractivity contribution < 1.29 is 9.66 Å². The summed E-state index contributed by atoms with van der Waals surface area (Å²) in [6, 6.07) is 16.8. The number of benzene rings is 3. The first-order valence-electron chi connectivity index (χ1n) is 9.36. The number of nitro benzene ring substituents is 1. The highest BCUT2D eigenvalue weighted by Crippen LogP contribution is 2.27. The van der Waals surface area contributed by atoms with E-state index in [1.165, 1.54) is 22.8 Å². The topological polar surface area (TPSA) is 87.3 Å². The van der Waals surface area contributed by atoms with Gasteiger partial charge in [0.25, 0.3) is 11.2 Å². The minimum Gasteiger partial charge on any atom is -0.497 e. The third kappa shape index (κ3) is 4.37. The molecule has 1 heterocycles. The van der Waals surface area contributed by atoms with E-state index in [1.54, 1.807) is 25.3 Å². The van der Waals surface area contributed by atoms with E-state index in [-0.39, 0.29) is 16.3 Å². The van der Waals surface area contributed by atoms with Crippen LogP contribution >= 0.6 is 34.2 Å². The van der Waals surface area contributed by atoms with Gasteiger partial charge in [0.1, 0.15) is 11.6 Å². The van der Waals surface area contributed by atoms with E-state index >= 15 is 0 Å². The summed E-state index contributed by atoms with van der Waals surface area (Å²) in [6.45, 7) is 0. The molecular formula is C23H15ClIN3O4. The molecule has 0 atom stereocenters. The summed E-state index contributed by atoms with van der Waals surface area (Å²) >= 11 is 8.48. The van der Waals surface area contributed by atoms with Crippen LogP contribution in [-0.2, 0) is 0 Å². The second-order valence-electron chi connectivity index (χ2n) is 6.77. The molecule has 0 saturated carbocycles. The van der Waals surface area contributed by atoms with Gasteiger partial charge in [-0.15, -0.1) is 0 Å². The van der Waals surface area contributed by atoms with Crippen LogP contribution in [-0.4, -0.2) is 21.6 Å². The molecule has 0 N–H and O–H groups in total. The highest BCUT2D eigenvalue weighted by molar-refractivity contribution is 14.1. The van der Waals surface area contributed by atoms with Crippen LogP contribution in [0.15, 0.2) is 65.5 Å². The second kappa shape index (κ2) is 9.09. The summed E-state index contributed by atoms with van der Waals surface area (Å²) < 4.78 is 7.43. The Bertz CT molecular complexity index is 1430. The van der Waals surface area contributed by atoms with Gasteiger partial charge in [-0.2, -0.15) is 0 Å². The fraction of sp³-hybridized carbons (Fsp3) is 0.0435. The Balaban J connectivity index is 1.93. The van der Waals surface area contributed by atoms with Gasteiger partial charge < -0.3 is 4.74 Å². The van der Waals surface area contributed by atoms with Crippen LogP contribution in [0.1, 0.15) is 11.4 Å². The summed E-state index contributed by atoms with van der Waals surface area (Å²) in [6.07, 6.45) is 3.52. The molecule has 4 rings (SSSR count). The van der Waals surface area contributed by atoms with Crippen molar-refractivity contribution in [1.82, 2.24) is 9.55 Å². The molecule has 7 nitrogen and oxygen atoms in total. The van der Waals surface area contributed by atoms with Crippen LogP contribution in [0.3, 0.4) is 0 Å². The van der Waals surface area contributed by atoms with E-state index in [0.717, 1.165) is 14.9 Å². The lowest BCUT2D eigenvalue weighted by molar-refractivity contribution is -0.384. The molecule has 160 valence electrons. The molecule has 0 amide bonds. The van der Waals surface area contributed by atoms with Crippen LogP contribution in [0.25, 0.3) is 28.7 Å². The Morgan fingerprint density at radius 2 is 1.84 bits per heavy atom. The molecule has 0 aliphatic heterocycles. The van der Waals surface area contributed by atoms with Crippen LogP contribution in [0.5, 0.6) is 5.75 Å². The van der Waals surface area contributed by atoms with E-state index in [2.05, 4.69) is 27.6 Å². The van der Waals surface area contributed by atoms with Gasteiger partial charge in [0.15, 0.2) is 0 Å². The molecule has 0 saturated heterocycles. The van der Waals surface area contributed by atoms with E-state index in [9.17, 15) is 14.9 Å². The first-order valence-corrected chi connectivity index (χ1v) is 10.8. The number of nitrogens with zero attached hydrogens (tertiary/aromatic N) is 3. The lowest BCUT2D eigenvalue weighted by atomic mass is 10.2. The van der Waals surface area contributed by atoms with Gasteiger partial charge in [0, 0.05) is 15.7 Å². The van der Waals surface area contributed by atoms with Crippen LogP contribution in [0.4, 0.5) is 5.69 Å². The van der Waals surface area contributed by atoms with Crippen LogP contribution < -0.4 is 10.3 Å². The van der Waals surface area contributed by atoms with Gasteiger partial charge in [0.05, 0.1) is 33.6 Å². The van der Waals surface area contributed by atoms with Crippen molar-refractivity contribution in [3.8, 4) is 11.4 Å². The molecule has 1 aromatic heterocycles. The number of nitro groups is 1. The highest BCUT2D eigenvalue weighted by atomic mass is 127. The Kier molecular flexibility index (Phi) is 6.24. The molecule has 0 aliphatic carbocycles. The highest BCUT2D eigenvalue weighted by Gasteiger charge is 2.16. The van der Waals surface area contributed by atoms with Crippen molar-refractivity contribution in [3.63, 3.8) is 0 Å². The number of non-ortho nitro benzene ring substituents is 1. The molecule has 0 bridgehead atoms. The van der Waals surface area contributed by atoms with E-state index in [0.29, 0.717) is 22.4 Å². The lowest BCUT2D eigenvalue weighted by Gasteiger charge is -2.13. The van der Waals surface area contributed by atoms with E-state index in [4.69, 9.17) is 16.3 Å². The number of hydrogen-bond donors (Lipinski definition) is 0. The standard InChI is InChI=1S/C23H15ClIN3O4/c1-32-17-7-2-14(3-8-17)4-11-22-26-20-9-5-15(25)12-18(20)23(29)27(22)21-10-6-16(28(30)31)13-19(21)24/h2-13H,1H3. The minimum atomic E-state index is -0.538. The maximum Gasteiger partial charge on any atom is 0.271 e. The van der Waals surface area contributed by atoms with Crippen molar-refractivity contribution in [2.75, 3.05) is 7.11 Å². The van der Waals surface area contributed by atoms with Crippen molar-refractivity contribution >= 4 is 62.9 Å². The van der Waals surface area contributed by atoms with Gasteiger partial charge >= 0.3 is 0 Å². The quantitative estimate of drug-likeness (QED) is 0.177. The third-order valence-corrected chi connectivity index (χ3v) is 5.75. The summed E-state index contributed by atoms with van der Waals surface area (Å²) in [5, 5.41) is 11.6. The maximum atomic E-state index is 13.4. The average Bonchev–Trinajstić information content (AvgIpc) is 2.79. The average molecular weight is 560 g/mol. The predicted octanol–water partition coefficient (Wildman–Crippen LogP) is 5.73. The number of methoxy groups -OCH3 is 1. The largest absolute Gasteiger partial charge is 0.497 e. The molecule has 3 aromatic carbocycles. The predicted molar refractivity (Wildman–Crippen MR) is 134 cm³/mol. The molecule has 0 aliphatic rings. The molecule has 0 unspecified atom stereocenters. The lowest BCUT2D eigenvalue weighted by Crippen LogP contribution is -2.22. The molecule has 32 heavy (non-hydrogen) atoms. The number of hydrogen-bond acceptors (Lipinski definition) is 5. The Hall–Kier alpha value is -3.24. The van der Waals surface area contributed by atoms with Crippen molar-refractivity contribution in [2.24, 2.45) is 0 Å². The van der Waals surface area contributed by atoms with Crippen molar-refractivity contribution in [1.29, 1.82) is 0 Å². The van der Waals surface area contributed by atoms with E-state index in [1.807, 2.05) is 36.4 Å².